The number of rotatable bonds is 1. The van der Waals surface area contributed by atoms with Gasteiger partial charge >= 0.3 is 6.03 Å². The number of amides is 2. The summed E-state index contributed by atoms with van der Waals surface area (Å²) in [5.41, 5.74) is 0.395. The molecule has 1 aliphatic rings. The first kappa shape index (κ1) is 13.7. The van der Waals surface area contributed by atoms with Crippen molar-refractivity contribution in [2.24, 2.45) is 0 Å². The number of benzene rings is 1. The summed E-state index contributed by atoms with van der Waals surface area (Å²) in [7, 11) is 0. The van der Waals surface area contributed by atoms with E-state index in [1.807, 2.05) is 0 Å². The molecule has 1 aromatic rings. The Kier molecular flexibility index (Phi) is 4.56. The molecule has 0 bridgehead atoms. The molecule has 98 valence electrons. The number of carbonyl (C=O) groups is 1. The first-order chi connectivity index (χ1) is 8.58. The van der Waals surface area contributed by atoms with Crippen molar-refractivity contribution in [1.29, 1.82) is 0 Å². The SMILES string of the molecule is O=C(Nc1c(Cl)cc(Cl)cc1Cl)N1CCNCC1. The van der Waals surface area contributed by atoms with Crippen LogP contribution in [0, 0.1) is 0 Å². The van der Waals surface area contributed by atoms with Gasteiger partial charge in [0.15, 0.2) is 0 Å². The number of anilines is 1. The highest BCUT2D eigenvalue weighted by atomic mass is 35.5. The number of urea groups is 1. The van der Waals surface area contributed by atoms with Crippen LogP contribution in [0.4, 0.5) is 10.5 Å². The van der Waals surface area contributed by atoms with Crippen LogP contribution >= 0.6 is 34.8 Å². The minimum absolute atomic E-state index is 0.206. The summed E-state index contributed by atoms with van der Waals surface area (Å²) in [6, 6.07) is 2.88. The summed E-state index contributed by atoms with van der Waals surface area (Å²) in [4.78, 5) is 13.7. The van der Waals surface area contributed by atoms with Crippen LogP contribution in [0.25, 0.3) is 0 Å². The van der Waals surface area contributed by atoms with Crippen molar-refractivity contribution in [1.82, 2.24) is 10.2 Å². The highest BCUT2D eigenvalue weighted by Crippen LogP contribution is 2.33. The molecule has 0 spiro atoms. The van der Waals surface area contributed by atoms with Gasteiger partial charge in [-0.15, -0.1) is 0 Å². The number of halogens is 3. The van der Waals surface area contributed by atoms with Gasteiger partial charge in [-0.05, 0) is 12.1 Å². The fraction of sp³-hybridized carbons (Fsp3) is 0.364. The second kappa shape index (κ2) is 5.97. The van der Waals surface area contributed by atoms with E-state index < -0.39 is 0 Å². The number of hydrogen-bond donors (Lipinski definition) is 2. The third kappa shape index (κ3) is 3.20. The lowest BCUT2D eigenvalue weighted by Crippen LogP contribution is -2.48. The van der Waals surface area contributed by atoms with Gasteiger partial charge in [-0.25, -0.2) is 4.79 Å². The van der Waals surface area contributed by atoms with Crippen LogP contribution in [-0.2, 0) is 0 Å². The molecular formula is C11H12Cl3N3O. The number of piperazine rings is 1. The minimum atomic E-state index is -0.206. The van der Waals surface area contributed by atoms with Gasteiger partial charge in [0.05, 0.1) is 15.7 Å². The van der Waals surface area contributed by atoms with Gasteiger partial charge < -0.3 is 15.5 Å². The molecule has 2 N–H and O–H groups in total. The zero-order chi connectivity index (χ0) is 13.1. The Balaban J connectivity index is 2.11. The maximum absolute atomic E-state index is 12.0. The van der Waals surface area contributed by atoms with Crippen molar-refractivity contribution < 1.29 is 4.79 Å². The lowest BCUT2D eigenvalue weighted by Gasteiger charge is -2.27. The van der Waals surface area contributed by atoms with Crippen LogP contribution < -0.4 is 10.6 Å². The van der Waals surface area contributed by atoms with Crippen LogP contribution in [0.5, 0.6) is 0 Å². The van der Waals surface area contributed by atoms with Crippen molar-refractivity contribution >= 4 is 46.5 Å². The smallest absolute Gasteiger partial charge is 0.322 e. The lowest BCUT2D eigenvalue weighted by molar-refractivity contribution is 0.204. The lowest BCUT2D eigenvalue weighted by atomic mass is 10.3. The molecule has 0 aliphatic carbocycles. The first-order valence-electron chi connectivity index (χ1n) is 5.49. The van der Waals surface area contributed by atoms with Gasteiger partial charge in [0.1, 0.15) is 0 Å². The number of nitrogens with zero attached hydrogens (tertiary/aromatic N) is 1. The monoisotopic (exact) mass is 307 g/mol. The van der Waals surface area contributed by atoms with E-state index in [1.54, 1.807) is 17.0 Å². The predicted molar refractivity (Wildman–Crippen MR) is 74.9 cm³/mol. The Morgan fingerprint density at radius 1 is 1.17 bits per heavy atom. The van der Waals surface area contributed by atoms with Crippen LogP contribution in [-0.4, -0.2) is 37.1 Å². The van der Waals surface area contributed by atoms with Gasteiger partial charge in [0.2, 0.25) is 0 Å². The summed E-state index contributed by atoms with van der Waals surface area (Å²) >= 11 is 17.8. The minimum Gasteiger partial charge on any atom is -0.322 e. The summed E-state index contributed by atoms with van der Waals surface area (Å²) in [6.07, 6.45) is 0. The Morgan fingerprint density at radius 3 is 2.28 bits per heavy atom. The van der Waals surface area contributed by atoms with Crippen molar-refractivity contribution in [3.8, 4) is 0 Å². The normalized spacial score (nSPS) is 15.6. The summed E-state index contributed by atoms with van der Waals surface area (Å²) < 4.78 is 0. The number of hydrogen-bond acceptors (Lipinski definition) is 2. The van der Waals surface area contributed by atoms with E-state index in [1.165, 1.54) is 0 Å². The molecular weight excluding hydrogens is 297 g/mol. The Morgan fingerprint density at radius 2 is 1.72 bits per heavy atom. The Bertz CT molecular complexity index is 438. The van der Waals surface area contributed by atoms with Gasteiger partial charge in [0, 0.05) is 31.2 Å². The fourth-order valence-electron chi connectivity index (χ4n) is 1.72. The Hall–Kier alpha value is -0.680. The number of nitrogens with one attached hydrogen (secondary N) is 2. The van der Waals surface area contributed by atoms with Crippen molar-refractivity contribution in [3.63, 3.8) is 0 Å². The molecule has 1 aromatic carbocycles. The van der Waals surface area contributed by atoms with Crippen molar-refractivity contribution in [2.75, 3.05) is 31.5 Å². The highest BCUT2D eigenvalue weighted by Gasteiger charge is 2.18. The molecule has 2 amide bonds. The van der Waals surface area contributed by atoms with E-state index in [-0.39, 0.29) is 6.03 Å². The average molecular weight is 309 g/mol. The fourth-order valence-corrected chi connectivity index (χ4v) is 2.63. The zero-order valence-electron chi connectivity index (χ0n) is 9.47. The van der Waals surface area contributed by atoms with E-state index in [4.69, 9.17) is 34.8 Å². The maximum atomic E-state index is 12.0. The molecule has 0 radical (unpaired) electrons. The summed E-state index contributed by atoms with van der Waals surface area (Å²) in [5, 5.41) is 6.98. The van der Waals surface area contributed by atoms with Crippen LogP contribution in [0.15, 0.2) is 12.1 Å². The van der Waals surface area contributed by atoms with E-state index in [0.29, 0.717) is 33.8 Å². The molecule has 2 rings (SSSR count). The topological polar surface area (TPSA) is 44.4 Å². The molecule has 18 heavy (non-hydrogen) atoms. The van der Waals surface area contributed by atoms with Gasteiger partial charge in [-0.3, -0.25) is 0 Å². The maximum Gasteiger partial charge on any atom is 0.322 e. The van der Waals surface area contributed by atoms with Gasteiger partial charge in [-0.2, -0.15) is 0 Å². The van der Waals surface area contributed by atoms with E-state index >= 15 is 0 Å². The Labute approximate surface area is 120 Å². The third-order valence-electron chi connectivity index (χ3n) is 2.64. The molecule has 1 heterocycles. The quantitative estimate of drug-likeness (QED) is 0.837. The van der Waals surface area contributed by atoms with Gasteiger partial charge in [0.25, 0.3) is 0 Å². The molecule has 1 fully saturated rings. The van der Waals surface area contributed by atoms with Crippen LogP contribution in [0.1, 0.15) is 0 Å². The average Bonchev–Trinajstić information content (AvgIpc) is 2.34. The predicted octanol–water partition coefficient (Wildman–Crippen LogP) is 3.08. The molecule has 0 unspecified atom stereocenters. The third-order valence-corrected chi connectivity index (χ3v) is 3.46. The van der Waals surface area contributed by atoms with Crippen LogP contribution in [0.2, 0.25) is 15.1 Å². The zero-order valence-corrected chi connectivity index (χ0v) is 11.7. The van der Waals surface area contributed by atoms with Crippen molar-refractivity contribution in [2.45, 2.75) is 0 Å². The largest absolute Gasteiger partial charge is 0.322 e. The summed E-state index contributed by atoms with van der Waals surface area (Å²) in [6.45, 7) is 2.90. The van der Waals surface area contributed by atoms with Crippen LogP contribution in [0.3, 0.4) is 0 Å². The standard InChI is InChI=1S/C11H12Cl3N3O/c12-7-5-8(13)10(9(14)6-7)16-11(18)17-3-1-15-2-4-17/h5-6,15H,1-4H2,(H,16,18). The van der Waals surface area contributed by atoms with Crippen molar-refractivity contribution in [3.05, 3.63) is 27.2 Å². The van der Waals surface area contributed by atoms with E-state index in [9.17, 15) is 4.79 Å². The van der Waals surface area contributed by atoms with E-state index in [2.05, 4.69) is 10.6 Å². The van der Waals surface area contributed by atoms with Gasteiger partial charge in [-0.1, -0.05) is 34.8 Å². The van der Waals surface area contributed by atoms with E-state index in [0.717, 1.165) is 13.1 Å². The second-order valence-corrected chi connectivity index (χ2v) is 5.16. The molecule has 7 heteroatoms. The first-order valence-corrected chi connectivity index (χ1v) is 6.62. The molecule has 1 saturated heterocycles. The highest BCUT2D eigenvalue weighted by molar-refractivity contribution is 6.42. The molecule has 4 nitrogen and oxygen atoms in total. The molecule has 0 atom stereocenters. The number of carbonyl (C=O) groups excluding carboxylic acids is 1. The molecule has 0 saturated carbocycles. The molecule has 0 aromatic heterocycles. The summed E-state index contributed by atoms with van der Waals surface area (Å²) in [5.74, 6) is 0. The molecule has 1 aliphatic heterocycles. The second-order valence-electron chi connectivity index (χ2n) is 3.91.